The zero-order valence-electron chi connectivity index (χ0n) is 9.26. The number of hydrogen-bond donors (Lipinski definition) is 1. The Bertz CT molecular complexity index is 487. The van der Waals surface area contributed by atoms with E-state index in [9.17, 15) is 9.50 Å². The molecule has 0 aliphatic rings. The largest absolute Gasteiger partial charge is 0.494 e. The van der Waals surface area contributed by atoms with Crippen LogP contribution in [0.5, 0.6) is 5.75 Å². The summed E-state index contributed by atoms with van der Waals surface area (Å²) in [6.07, 6.45) is 1.51. The van der Waals surface area contributed by atoms with E-state index >= 15 is 0 Å². The third kappa shape index (κ3) is 2.81. The SMILES string of the molecule is COc1cc(C(O)Cc2cncs2)ccc1F. The highest BCUT2D eigenvalue weighted by atomic mass is 32.1. The van der Waals surface area contributed by atoms with Crippen molar-refractivity contribution in [2.45, 2.75) is 12.5 Å². The van der Waals surface area contributed by atoms with Crippen LogP contribution in [0.2, 0.25) is 0 Å². The van der Waals surface area contributed by atoms with Gasteiger partial charge in [0.1, 0.15) is 0 Å². The Labute approximate surface area is 103 Å². The van der Waals surface area contributed by atoms with Gasteiger partial charge in [-0.15, -0.1) is 11.3 Å². The molecule has 2 aromatic rings. The number of benzene rings is 1. The summed E-state index contributed by atoms with van der Waals surface area (Å²) >= 11 is 1.48. The zero-order valence-corrected chi connectivity index (χ0v) is 10.1. The molecule has 17 heavy (non-hydrogen) atoms. The Morgan fingerprint density at radius 3 is 3.00 bits per heavy atom. The van der Waals surface area contributed by atoms with Crippen molar-refractivity contribution in [2.24, 2.45) is 0 Å². The quantitative estimate of drug-likeness (QED) is 0.910. The van der Waals surface area contributed by atoms with Gasteiger partial charge in [0.2, 0.25) is 0 Å². The monoisotopic (exact) mass is 253 g/mol. The minimum atomic E-state index is -0.676. The van der Waals surface area contributed by atoms with E-state index in [0.717, 1.165) is 4.88 Å². The number of aliphatic hydroxyl groups excluding tert-OH is 1. The van der Waals surface area contributed by atoms with Crippen molar-refractivity contribution in [1.82, 2.24) is 4.98 Å². The van der Waals surface area contributed by atoms with E-state index in [1.165, 1.54) is 30.6 Å². The van der Waals surface area contributed by atoms with Gasteiger partial charge < -0.3 is 9.84 Å². The van der Waals surface area contributed by atoms with Gasteiger partial charge in [0.15, 0.2) is 11.6 Å². The van der Waals surface area contributed by atoms with Crippen LogP contribution in [-0.2, 0) is 6.42 Å². The number of aliphatic hydroxyl groups is 1. The first kappa shape index (κ1) is 12.0. The summed E-state index contributed by atoms with van der Waals surface area (Å²) < 4.78 is 18.1. The highest BCUT2D eigenvalue weighted by molar-refractivity contribution is 7.09. The van der Waals surface area contributed by atoms with Crippen molar-refractivity contribution in [3.05, 3.63) is 46.2 Å². The van der Waals surface area contributed by atoms with Crippen LogP contribution in [0, 0.1) is 5.82 Å². The van der Waals surface area contributed by atoms with Crippen molar-refractivity contribution < 1.29 is 14.2 Å². The maximum Gasteiger partial charge on any atom is 0.165 e. The van der Waals surface area contributed by atoms with Gasteiger partial charge in [0.25, 0.3) is 0 Å². The van der Waals surface area contributed by atoms with Crippen LogP contribution in [0.1, 0.15) is 16.5 Å². The summed E-state index contributed by atoms with van der Waals surface area (Å²) in [7, 11) is 1.40. The fourth-order valence-corrected chi connectivity index (χ4v) is 2.17. The van der Waals surface area contributed by atoms with Crippen molar-refractivity contribution in [3.63, 3.8) is 0 Å². The lowest BCUT2D eigenvalue weighted by Crippen LogP contribution is -2.01. The molecule has 0 saturated heterocycles. The lowest BCUT2D eigenvalue weighted by Gasteiger charge is -2.11. The maximum absolute atomic E-state index is 13.2. The van der Waals surface area contributed by atoms with Crippen molar-refractivity contribution in [3.8, 4) is 5.75 Å². The smallest absolute Gasteiger partial charge is 0.165 e. The van der Waals surface area contributed by atoms with E-state index in [4.69, 9.17) is 4.74 Å². The molecule has 5 heteroatoms. The number of rotatable bonds is 4. The first-order valence-electron chi connectivity index (χ1n) is 5.09. The van der Waals surface area contributed by atoms with Crippen molar-refractivity contribution in [2.75, 3.05) is 7.11 Å². The maximum atomic E-state index is 13.2. The predicted molar refractivity (Wildman–Crippen MR) is 63.7 cm³/mol. The van der Waals surface area contributed by atoms with Gasteiger partial charge in [-0.25, -0.2) is 4.39 Å². The number of hydrogen-bond acceptors (Lipinski definition) is 4. The normalized spacial score (nSPS) is 12.4. The Balaban J connectivity index is 2.16. The van der Waals surface area contributed by atoms with Crippen LogP contribution in [0.25, 0.3) is 0 Å². The number of methoxy groups -OCH3 is 1. The Hall–Kier alpha value is -1.46. The molecule has 3 nitrogen and oxygen atoms in total. The molecule has 2 rings (SSSR count). The Kier molecular flexibility index (Phi) is 3.71. The molecule has 0 bridgehead atoms. The standard InChI is InChI=1S/C12H12FNO2S/c1-16-12-4-8(2-3-10(12)13)11(15)5-9-6-14-7-17-9/h2-4,6-7,11,15H,5H2,1H3. The summed E-state index contributed by atoms with van der Waals surface area (Å²) in [5, 5.41) is 10.0. The highest BCUT2D eigenvalue weighted by Crippen LogP contribution is 2.25. The molecule has 1 unspecified atom stereocenters. The van der Waals surface area contributed by atoms with Gasteiger partial charge in [-0.1, -0.05) is 6.07 Å². The van der Waals surface area contributed by atoms with Crippen LogP contribution in [0.4, 0.5) is 4.39 Å². The second-order valence-corrected chi connectivity index (χ2v) is 4.55. The van der Waals surface area contributed by atoms with E-state index in [0.29, 0.717) is 12.0 Å². The van der Waals surface area contributed by atoms with E-state index in [1.807, 2.05) is 0 Å². The van der Waals surface area contributed by atoms with E-state index in [1.54, 1.807) is 17.8 Å². The molecule has 0 radical (unpaired) electrons. The second-order valence-electron chi connectivity index (χ2n) is 3.58. The van der Waals surface area contributed by atoms with Crippen molar-refractivity contribution >= 4 is 11.3 Å². The summed E-state index contributed by atoms with van der Waals surface area (Å²) in [6.45, 7) is 0. The van der Waals surface area contributed by atoms with Gasteiger partial charge in [0, 0.05) is 17.5 Å². The van der Waals surface area contributed by atoms with Crippen LogP contribution in [0.3, 0.4) is 0 Å². The molecule has 90 valence electrons. The van der Waals surface area contributed by atoms with Crippen LogP contribution >= 0.6 is 11.3 Å². The number of halogens is 1. The van der Waals surface area contributed by atoms with Gasteiger partial charge in [-0.3, -0.25) is 4.98 Å². The summed E-state index contributed by atoms with van der Waals surface area (Å²) in [6, 6.07) is 4.37. The third-order valence-electron chi connectivity index (χ3n) is 2.44. The first-order valence-corrected chi connectivity index (χ1v) is 5.97. The number of thiazole rings is 1. The molecule has 0 aliphatic heterocycles. The molecular weight excluding hydrogens is 241 g/mol. The van der Waals surface area contributed by atoms with Crippen LogP contribution in [-0.4, -0.2) is 17.2 Å². The lowest BCUT2D eigenvalue weighted by atomic mass is 10.1. The van der Waals surface area contributed by atoms with Crippen LogP contribution < -0.4 is 4.74 Å². The summed E-state index contributed by atoms with van der Waals surface area (Å²) in [5.41, 5.74) is 2.35. The first-order chi connectivity index (χ1) is 8.20. The van der Waals surface area contributed by atoms with Gasteiger partial charge in [-0.2, -0.15) is 0 Å². The zero-order chi connectivity index (χ0) is 12.3. The number of nitrogens with zero attached hydrogens (tertiary/aromatic N) is 1. The molecule has 1 atom stereocenters. The summed E-state index contributed by atoms with van der Waals surface area (Å²) in [4.78, 5) is 4.93. The van der Waals surface area contributed by atoms with E-state index < -0.39 is 11.9 Å². The molecule has 0 fully saturated rings. The van der Waals surface area contributed by atoms with Crippen LogP contribution in [0.15, 0.2) is 29.9 Å². The molecule has 0 amide bonds. The topological polar surface area (TPSA) is 42.4 Å². The molecule has 0 spiro atoms. The summed E-state index contributed by atoms with van der Waals surface area (Å²) in [5.74, 6) is -0.285. The predicted octanol–water partition coefficient (Wildman–Crippen LogP) is 2.57. The van der Waals surface area contributed by atoms with Crippen molar-refractivity contribution in [1.29, 1.82) is 0 Å². The fraction of sp³-hybridized carbons (Fsp3) is 0.250. The molecule has 1 N–H and O–H groups in total. The average Bonchev–Trinajstić information content (AvgIpc) is 2.82. The number of ether oxygens (including phenoxy) is 1. The fourth-order valence-electron chi connectivity index (χ4n) is 1.53. The molecule has 0 saturated carbocycles. The Morgan fingerprint density at radius 2 is 2.35 bits per heavy atom. The molecule has 0 aliphatic carbocycles. The second kappa shape index (κ2) is 5.25. The lowest BCUT2D eigenvalue weighted by molar-refractivity contribution is 0.178. The number of aromatic nitrogens is 1. The molecular formula is C12H12FNO2S. The van der Waals surface area contributed by atoms with Gasteiger partial charge in [-0.05, 0) is 17.7 Å². The Morgan fingerprint density at radius 1 is 1.53 bits per heavy atom. The van der Waals surface area contributed by atoms with Gasteiger partial charge in [0.05, 0.1) is 18.7 Å². The molecule has 1 aromatic heterocycles. The molecule has 1 heterocycles. The third-order valence-corrected chi connectivity index (χ3v) is 3.24. The highest BCUT2D eigenvalue weighted by Gasteiger charge is 2.12. The van der Waals surface area contributed by atoms with Gasteiger partial charge >= 0.3 is 0 Å². The minimum Gasteiger partial charge on any atom is -0.494 e. The molecule has 1 aromatic carbocycles. The van der Waals surface area contributed by atoms with E-state index in [-0.39, 0.29) is 5.75 Å². The minimum absolute atomic E-state index is 0.144. The van der Waals surface area contributed by atoms with E-state index in [2.05, 4.69) is 4.98 Å². The average molecular weight is 253 g/mol.